The van der Waals surface area contributed by atoms with Crippen LogP contribution in [0.1, 0.15) is 50.7 Å². The number of hydrogen-bond acceptors (Lipinski definition) is 3. The molecule has 1 aromatic rings. The molecule has 0 spiro atoms. The summed E-state index contributed by atoms with van der Waals surface area (Å²) in [4.78, 5) is 10.2. The number of piperazine rings is 1. The first-order chi connectivity index (χ1) is 15.0. The third kappa shape index (κ3) is 6.65. The van der Waals surface area contributed by atoms with Crippen LogP contribution in [-0.2, 0) is 0 Å². The molecule has 1 aromatic carbocycles. The monoisotopic (exact) mass is 421 g/mol. The first-order valence-corrected chi connectivity index (χ1v) is 11.8. The van der Waals surface area contributed by atoms with Gasteiger partial charge in [0.05, 0.1) is 11.8 Å². The molecule has 3 rings (SSSR count). The van der Waals surface area contributed by atoms with Crippen LogP contribution in [0.4, 0.5) is 0 Å². The van der Waals surface area contributed by atoms with Gasteiger partial charge in [0.15, 0.2) is 0 Å². The Labute approximate surface area is 188 Å². The number of amidine groups is 1. The van der Waals surface area contributed by atoms with Gasteiger partial charge in [-0.25, -0.2) is 4.99 Å². The Bertz CT molecular complexity index is 831. The van der Waals surface area contributed by atoms with E-state index in [1.165, 1.54) is 16.7 Å². The third-order valence-electron chi connectivity index (χ3n) is 6.40. The Morgan fingerprint density at radius 1 is 1.19 bits per heavy atom. The van der Waals surface area contributed by atoms with Crippen LogP contribution in [-0.4, -0.2) is 59.6 Å². The van der Waals surface area contributed by atoms with Crippen molar-refractivity contribution in [2.24, 2.45) is 10.9 Å². The molecule has 1 saturated heterocycles. The Kier molecular flexibility index (Phi) is 8.68. The van der Waals surface area contributed by atoms with Crippen LogP contribution < -0.4 is 0 Å². The highest BCUT2D eigenvalue weighted by Gasteiger charge is 2.22. The van der Waals surface area contributed by atoms with Gasteiger partial charge >= 0.3 is 0 Å². The minimum atomic E-state index is -0.362. The topological polar surface area (TPSA) is 39.1 Å². The van der Waals surface area contributed by atoms with Crippen molar-refractivity contribution in [1.82, 2.24) is 9.80 Å². The van der Waals surface area contributed by atoms with Crippen LogP contribution in [0.25, 0.3) is 0 Å². The zero-order valence-electron chi connectivity index (χ0n) is 19.6. The lowest BCUT2D eigenvalue weighted by Crippen LogP contribution is -2.49. The van der Waals surface area contributed by atoms with Crippen molar-refractivity contribution in [2.75, 3.05) is 32.7 Å². The number of aryl methyl sites for hydroxylation is 1. The molecule has 31 heavy (non-hydrogen) atoms. The fourth-order valence-electron chi connectivity index (χ4n) is 4.40. The van der Waals surface area contributed by atoms with Gasteiger partial charge in [-0.05, 0) is 63.1 Å². The summed E-state index contributed by atoms with van der Waals surface area (Å²) in [5.41, 5.74) is 4.92. The first-order valence-electron chi connectivity index (χ1n) is 11.8. The predicted molar refractivity (Wildman–Crippen MR) is 131 cm³/mol. The van der Waals surface area contributed by atoms with Crippen LogP contribution in [0.2, 0.25) is 0 Å². The molecule has 168 valence electrons. The number of aliphatic hydroxyl groups excluding tert-OH is 1. The predicted octanol–water partition coefficient (Wildman–Crippen LogP) is 4.95. The minimum Gasteiger partial charge on any atom is -0.389 e. The lowest BCUT2D eigenvalue weighted by Gasteiger charge is -2.37. The smallest absolute Gasteiger partial charge is 0.136 e. The van der Waals surface area contributed by atoms with Crippen LogP contribution in [0, 0.1) is 12.8 Å². The van der Waals surface area contributed by atoms with Gasteiger partial charge in [-0.3, -0.25) is 4.90 Å². The molecular weight excluding hydrogens is 382 g/mol. The van der Waals surface area contributed by atoms with Crippen molar-refractivity contribution in [3.8, 4) is 0 Å². The molecule has 2 aliphatic rings. The zero-order chi connectivity index (χ0) is 22.2. The number of rotatable bonds is 8. The lowest BCUT2D eigenvalue weighted by atomic mass is 9.96. The van der Waals surface area contributed by atoms with Crippen molar-refractivity contribution >= 4 is 5.84 Å². The van der Waals surface area contributed by atoms with Crippen molar-refractivity contribution < 1.29 is 5.11 Å². The van der Waals surface area contributed by atoms with E-state index in [1.807, 2.05) is 0 Å². The number of aliphatic hydroxyl groups is 1. The van der Waals surface area contributed by atoms with E-state index in [0.29, 0.717) is 5.92 Å². The highest BCUT2D eigenvalue weighted by Crippen LogP contribution is 2.25. The molecular formula is C27H39N3O. The molecule has 0 radical (unpaired) electrons. The summed E-state index contributed by atoms with van der Waals surface area (Å²) in [5.74, 6) is 1.71. The third-order valence-corrected chi connectivity index (χ3v) is 6.40. The van der Waals surface area contributed by atoms with Crippen LogP contribution in [0.3, 0.4) is 0 Å². The van der Waals surface area contributed by atoms with E-state index in [1.54, 1.807) is 6.08 Å². The average Bonchev–Trinajstić information content (AvgIpc) is 2.77. The molecule has 0 amide bonds. The maximum absolute atomic E-state index is 9.63. The summed E-state index contributed by atoms with van der Waals surface area (Å²) in [5, 5.41) is 9.63. The normalized spacial score (nSPS) is 21.5. The first kappa shape index (κ1) is 23.5. The van der Waals surface area contributed by atoms with Crippen LogP contribution in [0.15, 0.2) is 65.3 Å². The van der Waals surface area contributed by atoms with E-state index in [2.05, 4.69) is 73.6 Å². The molecule has 1 N–H and O–H groups in total. The summed E-state index contributed by atoms with van der Waals surface area (Å²) in [7, 11) is 0. The molecule has 4 heteroatoms. The molecule has 1 aliphatic heterocycles. The zero-order valence-corrected chi connectivity index (χ0v) is 19.6. The van der Waals surface area contributed by atoms with Gasteiger partial charge in [0.1, 0.15) is 5.84 Å². The fraction of sp³-hybridized carbons (Fsp3) is 0.519. The molecule has 0 bridgehead atoms. The van der Waals surface area contributed by atoms with Gasteiger partial charge in [-0.15, -0.1) is 6.58 Å². The fourth-order valence-corrected chi connectivity index (χ4v) is 4.40. The summed E-state index contributed by atoms with van der Waals surface area (Å²) in [6.45, 7) is 15.5. The average molecular weight is 422 g/mol. The van der Waals surface area contributed by atoms with Gasteiger partial charge < -0.3 is 10.0 Å². The van der Waals surface area contributed by atoms with Crippen LogP contribution in [0.5, 0.6) is 0 Å². The van der Waals surface area contributed by atoms with Gasteiger partial charge in [0.2, 0.25) is 0 Å². The number of allylic oxidation sites excluding steroid dienone is 3. The van der Waals surface area contributed by atoms with E-state index >= 15 is 0 Å². The molecule has 1 aliphatic carbocycles. The Morgan fingerprint density at radius 2 is 1.94 bits per heavy atom. The Balaban J connectivity index is 1.68. The Morgan fingerprint density at radius 3 is 2.61 bits per heavy atom. The number of unbranched alkanes of at least 4 members (excludes halogenated alkanes) is 1. The van der Waals surface area contributed by atoms with Gasteiger partial charge in [-0.2, -0.15) is 0 Å². The maximum atomic E-state index is 9.63. The molecule has 2 unspecified atom stereocenters. The summed E-state index contributed by atoms with van der Waals surface area (Å²) in [6.07, 6.45) is 9.95. The number of aliphatic imine (C=N–C) groups is 1. The molecule has 1 fully saturated rings. The highest BCUT2D eigenvalue weighted by atomic mass is 16.3. The minimum absolute atomic E-state index is 0.362. The van der Waals surface area contributed by atoms with Gasteiger partial charge in [0.25, 0.3) is 0 Å². The maximum Gasteiger partial charge on any atom is 0.136 e. The van der Waals surface area contributed by atoms with E-state index in [-0.39, 0.29) is 6.10 Å². The SMILES string of the molecule is C=CC(O)CCCCN1CCN(C(=NC2=CCC(C)C=C2C)c2ccccc2C)CC1. The second kappa shape index (κ2) is 11.4. The van der Waals surface area contributed by atoms with Crippen molar-refractivity contribution in [3.63, 3.8) is 0 Å². The molecule has 1 heterocycles. The van der Waals surface area contributed by atoms with E-state index < -0.39 is 0 Å². The summed E-state index contributed by atoms with van der Waals surface area (Å²) < 4.78 is 0. The van der Waals surface area contributed by atoms with E-state index in [4.69, 9.17) is 4.99 Å². The summed E-state index contributed by atoms with van der Waals surface area (Å²) >= 11 is 0. The Hall–Kier alpha value is -2.17. The van der Waals surface area contributed by atoms with Crippen molar-refractivity contribution in [3.05, 3.63) is 71.5 Å². The van der Waals surface area contributed by atoms with Gasteiger partial charge in [0, 0.05) is 31.7 Å². The molecule has 0 saturated carbocycles. The van der Waals surface area contributed by atoms with Crippen molar-refractivity contribution in [2.45, 2.75) is 52.6 Å². The van der Waals surface area contributed by atoms with Crippen molar-refractivity contribution in [1.29, 1.82) is 0 Å². The van der Waals surface area contributed by atoms with E-state index in [0.717, 1.165) is 69.9 Å². The second-order valence-electron chi connectivity index (χ2n) is 9.03. The quantitative estimate of drug-likeness (QED) is 0.279. The molecule has 4 nitrogen and oxygen atoms in total. The highest BCUT2D eigenvalue weighted by molar-refractivity contribution is 6.01. The number of hydrogen-bond donors (Lipinski definition) is 1. The standard InChI is InChI=1S/C27H39N3O/c1-5-24(31)11-8-9-15-29-16-18-30(19-17-29)27(25-12-7-6-10-22(25)3)28-26-14-13-21(2)20-23(26)4/h5-7,10,12,14,20-21,24,31H,1,8-9,11,13,15-19H2,2-4H3. The van der Waals surface area contributed by atoms with Gasteiger partial charge in [-0.1, -0.05) is 49.4 Å². The number of benzene rings is 1. The second-order valence-corrected chi connectivity index (χ2v) is 9.03. The largest absolute Gasteiger partial charge is 0.389 e. The molecule has 2 atom stereocenters. The number of nitrogens with zero attached hydrogens (tertiary/aromatic N) is 3. The van der Waals surface area contributed by atoms with E-state index in [9.17, 15) is 5.11 Å². The lowest BCUT2D eigenvalue weighted by molar-refractivity contribution is 0.172. The molecule has 0 aromatic heterocycles. The summed E-state index contributed by atoms with van der Waals surface area (Å²) in [6, 6.07) is 8.60. The van der Waals surface area contributed by atoms with Crippen LogP contribution >= 0.6 is 0 Å².